The number of nitrogens with one attached hydrogen (secondary N) is 1. The Morgan fingerprint density at radius 3 is 2.35 bits per heavy atom. The summed E-state index contributed by atoms with van der Waals surface area (Å²) in [5.74, 6) is -1.91. The van der Waals surface area contributed by atoms with Crippen LogP contribution < -0.4 is 4.72 Å². The minimum Gasteiger partial charge on any atom is -0.277 e. The van der Waals surface area contributed by atoms with E-state index in [9.17, 15) is 17.2 Å². The lowest BCUT2D eigenvalue weighted by molar-refractivity contribution is 0.547. The van der Waals surface area contributed by atoms with Crippen LogP contribution in [0.2, 0.25) is 0 Å². The van der Waals surface area contributed by atoms with E-state index in [2.05, 4.69) is 9.10 Å². The first-order valence-corrected chi connectivity index (χ1v) is 7.89. The van der Waals surface area contributed by atoms with E-state index < -0.39 is 26.6 Å². The van der Waals surface area contributed by atoms with Crippen LogP contribution in [0.4, 0.5) is 14.5 Å². The fourth-order valence-corrected chi connectivity index (χ4v) is 3.70. The lowest BCUT2D eigenvalue weighted by Crippen LogP contribution is -2.16. The van der Waals surface area contributed by atoms with Crippen molar-refractivity contribution in [2.75, 3.05) is 4.72 Å². The van der Waals surface area contributed by atoms with Crippen LogP contribution in [0.5, 0.6) is 0 Å². The molecule has 0 aliphatic heterocycles. The van der Waals surface area contributed by atoms with Crippen LogP contribution >= 0.6 is 11.5 Å². The molecule has 0 aliphatic rings. The van der Waals surface area contributed by atoms with Crippen LogP contribution in [-0.2, 0) is 10.0 Å². The van der Waals surface area contributed by atoms with Crippen LogP contribution in [-0.4, -0.2) is 12.8 Å². The molecule has 0 unspecified atom stereocenters. The monoisotopic (exact) mass is 318 g/mol. The Kier molecular flexibility index (Phi) is 3.79. The van der Waals surface area contributed by atoms with E-state index in [1.165, 1.54) is 6.92 Å². The molecule has 0 bridgehead atoms. The molecule has 0 amide bonds. The molecule has 2 aromatic rings. The third-order valence-corrected chi connectivity index (χ3v) is 4.98. The Morgan fingerprint density at radius 1 is 1.15 bits per heavy atom. The van der Waals surface area contributed by atoms with Gasteiger partial charge in [-0.25, -0.2) is 17.2 Å². The first-order chi connectivity index (χ1) is 9.22. The molecule has 0 radical (unpaired) electrons. The van der Waals surface area contributed by atoms with E-state index in [4.69, 9.17) is 0 Å². The summed E-state index contributed by atoms with van der Waals surface area (Å²) in [4.78, 5) is 0.0896. The van der Waals surface area contributed by atoms with Crippen molar-refractivity contribution in [2.45, 2.75) is 25.7 Å². The zero-order valence-electron chi connectivity index (χ0n) is 11.0. The standard InChI is InChI=1S/C12H12F2N2O2S2/c1-6-4-11(10(14)5-9(6)13)20(17,18)16-12-7(2)15-19-8(12)3/h4-5,16H,1-3H3. The number of hydrogen-bond acceptors (Lipinski definition) is 4. The van der Waals surface area contributed by atoms with Gasteiger partial charge in [0.15, 0.2) is 0 Å². The van der Waals surface area contributed by atoms with Crippen molar-refractivity contribution >= 4 is 27.2 Å². The minimum atomic E-state index is -4.12. The highest BCUT2D eigenvalue weighted by Gasteiger charge is 2.23. The summed E-state index contributed by atoms with van der Waals surface area (Å²) < 4.78 is 57.6. The molecule has 2 rings (SSSR count). The highest BCUT2D eigenvalue weighted by Crippen LogP contribution is 2.27. The summed E-state index contributed by atoms with van der Waals surface area (Å²) in [5, 5.41) is 0. The van der Waals surface area contributed by atoms with Crippen molar-refractivity contribution in [3.63, 3.8) is 0 Å². The first-order valence-electron chi connectivity index (χ1n) is 5.63. The zero-order chi connectivity index (χ0) is 15.1. The highest BCUT2D eigenvalue weighted by molar-refractivity contribution is 7.92. The molecule has 1 heterocycles. The van der Waals surface area contributed by atoms with E-state index in [1.54, 1.807) is 13.8 Å². The van der Waals surface area contributed by atoms with Crippen molar-refractivity contribution in [2.24, 2.45) is 0 Å². The van der Waals surface area contributed by atoms with Crippen LogP contribution in [0.15, 0.2) is 17.0 Å². The van der Waals surface area contributed by atoms with Crippen molar-refractivity contribution < 1.29 is 17.2 Å². The van der Waals surface area contributed by atoms with Gasteiger partial charge in [-0.05, 0) is 43.9 Å². The number of nitrogens with zero attached hydrogens (tertiary/aromatic N) is 1. The van der Waals surface area contributed by atoms with Gasteiger partial charge in [-0.1, -0.05) is 0 Å². The van der Waals surface area contributed by atoms with Crippen molar-refractivity contribution in [3.05, 3.63) is 39.9 Å². The van der Waals surface area contributed by atoms with Crippen LogP contribution in [0, 0.1) is 32.4 Å². The molecule has 0 spiro atoms. The topological polar surface area (TPSA) is 59.1 Å². The van der Waals surface area contributed by atoms with Crippen LogP contribution in [0.25, 0.3) is 0 Å². The number of anilines is 1. The van der Waals surface area contributed by atoms with Crippen LogP contribution in [0.1, 0.15) is 16.1 Å². The van der Waals surface area contributed by atoms with Crippen molar-refractivity contribution in [1.82, 2.24) is 4.37 Å². The SMILES string of the molecule is Cc1cc(S(=O)(=O)Nc2c(C)nsc2C)c(F)cc1F. The van der Waals surface area contributed by atoms with Crippen molar-refractivity contribution in [3.8, 4) is 0 Å². The third-order valence-electron chi connectivity index (χ3n) is 2.77. The van der Waals surface area contributed by atoms with E-state index in [-0.39, 0.29) is 5.56 Å². The largest absolute Gasteiger partial charge is 0.277 e. The third kappa shape index (κ3) is 2.66. The number of aromatic nitrogens is 1. The quantitative estimate of drug-likeness (QED) is 0.946. The maximum Gasteiger partial charge on any atom is 0.264 e. The molecule has 1 aromatic carbocycles. The Morgan fingerprint density at radius 2 is 1.80 bits per heavy atom. The number of sulfonamides is 1. The van der Waals surface area contributed by atoms with Crippen molar-refractivity contribution in [1.29, 1.82) is 0 Å². The second kappa shape index (κ2) is 5.10. The van der Waals surface area contributed by atoms with Gasteiger partial charge in [0.05, 0.1) is 11.4 Å². The zero-order valence-corrected chi connectivity index (χ0v) is 12.6. The van der Waals surface area contributed by atoms with Gasteiger partial charge in [0.1, 0.15) is 16.5 Å². The predicted molar refractivity (Wildman–Crippen MR) is 73.5 cm³/mol. The number of benzene rings is 1. The highest BCUT2D eigenvalue weighted by atomic mass is 32.2. The normalized spacial score (nSPS) is 11.7. The van der Waals surface area contributed by atoms with E-state index in [1.807, 2.05) is 0 Å². The lowest BCUT2D eigenvalue weighted by atomic mass is 10.2. The Hall–Kier alpha value is -1.54. The van der Waals surface area contributed by atoms with Gasteiger partial charge in [-0.15, -0.1) is 0 Å². The van der Waals surface area contributed by atoms with Gasteiger partial charge < -0.3 is 0 Å². The molecule has 0 saturated carbocycles. The molecule has 0 fully saturated rings. The van der Waals surface area contributed by atoms with Gasteiger partial charge in [-0.3, -0.25) is 4.72 Å². The molecule has 20 heavy (non-hydrogen) atoms. The number of hydrogen-bond donors (Lipinski definition) is 1. The Labute approximate surface area is 119 Å². The Balaban J connectivity index is 2.49. The smallest absolute Gasteiger partial charge is 0.264 e. The average Bonchev–Trinajstić information content (AvgIpc) is 2.65. The summed E-state index contributed by atoms with van der Waals surface area (Å²) in [5.41, 5.74) is 0.898. The molecule has 1 aromatic heterocycles. The summed E-state index contributed by atoms with van der Waals surface area (Å²) in [7, 11) is -4.12. The molecule has 0 atom stereocenters. The molecule has 108 valence electrons. The minimum absolute atomic E-state index is 0.0589. The summed E-state index contributed by atoms with van der Waals surface area (Å²) in [6, 6.07) is 1.53. The molecule has 1 N–H and O–H groups in total. The number of aryl methyl sites for hydroxylation is 3. The Bertz CT molecular complexity index is 751. The molecular weight excluding hydrogens is 306 g/mol. The molecular formula is C12H12F2N2O2S2. The van der Waals surface area contributed by atoms with E-state index >= 15 is 0 Å². The summed E-state index contributed by atoms with van der Waals surface area (Å²) >= 11 is 1.15. The molecule has 8 heteroatoms. The predicted octanol–water partition coefficient (Wildman–Crippen LogP) is 3.15. The average molecular weight is 318 g/mol. The number of rotatable bonds is 3. The molecule has 0 saturated heterocycles. The molecule has 0 aliphatic carbocycles. The van der Waals surface area contributed by atoms with Crippen LogP contribution in [0.3, 0.4) is 0 Å². The molecule has 4 nitrogen and oxygen atoms in total. The van der Waals surface area contributed by atoms with E-state index in [0.29, 0.717) is 22.3 Å². The number of halogens is 2. The lowest BCUT2D eigenvalue weighted by Gasteiger charge is -2.10. The van der Waals surface area contributed by atoms with Gasteiger partial charge in [0.25, 0.3) is 10.0 Å². The van der Waals surface area contributed by atoms with Gasteiger partial charge >= 0.3 is 0 Å². The fourth-order valence-electron chi connectivity index (χ4n) is 1.65. The second-order valence-corrected chi connectivity index (χ2v) is 6.96. The van der Waals surface area contributed by atoms with Gasteiger partial charge in [0, 0.05) is 10.9 Å². The fraction of sp³-hybridized carbons (Fsp3) is 0.250. The first kappa shape index (κ1) is 14.9. The maximum atomic E-state index is 13.7. The van der Waals surface area contributed by atoms with Gasteiger partial charge in [0.2, 0.25) is 0 Å². The maximum absolute atomic E-state index is 13.7. The summed E-state index contributed by atoms with van der Waals surface area (Å²) in [6.07, 6.45) is 0. The second-order valence-electron chi connectivity index (χ2n) is 4.34. The van der Waals surface area contributed by atoms with Gasteiger partial charge in [-0.2, -0.15) is 4.37 Å². The van der Waals surface area contributed by atoms with E-state index in [0.717, 1.165) is 17.6 Å². The summed E-state index contributed by atoms with van der Waals surface area (Å²) in [6.45, 7) is 4.72.